The Morgan fingerprint density at radius 2 is 2.23 bits per heavy atom. The molecule has 0 aliphatic carbocycles. The first kappa shape index (κ1) is 19.8. The van der Waals surface area contributed by atoms with E-state index in [-0.39, 0.29) is 5.91 Å². The van der Waals surface area contributed by atoms with Crippen LogP contribution in [0.3, 0.4) is 0 Å². The molecule has 0 spiro atoms. The van der Waals surface area contributed by atoms with Crippen molar-refractivity contribution in [1.82, 2.24) is 19.9 Å². The third kappa shape index (κ3) is 5.11. The quantitative estimate of drug-likeness (QED) is 0.626. The van der Waals surface area contributed by atoms with Crippen LogP contribution >= 0.6 is 0 Å². The van der Waals surface area contributed by atoms with E-state index < -0.39 is 0 Å². The number of aryl methyl sites for hydroxylation is 1. The molecular formula is C23H25N5O2. The van der Waals surface area contributed by atoms with Gasteiger partial charge in [-0.2, -0.15) is 0 Å². The molecule has 1 N–H and O–H groups in total. The van der Waals surface area contributed by atoms with Crippen LogP contribution in [0.1, 0.15) is 29.9 Å². The maximum atomic E-state index is 12.5. The number of pyridine rings is 1. The number of nitrogens with zero attached hydrogens (tertiary/aromatic N) is 4. The molecule has 7 heteroatoms. The van der Waals surface area contributed by atoms with E-state index in [1.165, 1.54) is 0 Å². The van der Waals surface area contributed by atoms with Crippen molar-refractivity contribution in [2.45, 2.75) is 26.2 Å². The van der Waals surface area contributed by atoms with Gasteiger partial charge in [-0.25, -0.2) is 15.0 Å². The summed E-state index contributed by atoms with van der Waals surface area (Å²) in [5.41, 5.74) is 2.02. The van der Waals surface area contributed by atoms with Crippen LogP contribution in [0.25, 0.3) is 6.08 Å². The Morgan fingerprint density at radius 1 is 1.30 bits per heavy atom. The van der Waals surface area contributed by atoms with Crippen LogP contribution in [0.4, 0.5) is 11.6 Å². The Balaban J connectivity index is 1.37. The van der Waals surface area contributed by atoms with Crippen molar-refractivity contribution in [3.8, 4) is 0 Å². The van der Waals surface area contributed by atoms with Crippen molar-refractivity contribution in [3.63, 3.8) is 0 Å². The molecule has 30 heavy (non-hydrogen) atoms. The summed E-state index contributed by atoms with van der Waals surface area (Å²) >= 11 is 0. The molecule has 0 radical (unpaired) electrons. The fraction of sp³-hybridized carbons (Fsp3) is 0.304. The van der Waals surface area contributed by atoms with E-state index in [1.54, 1.807) is 37.0 Å². The Labute approximate surface area is 175 Å². The number of likely N-dealkylation sites (tertiary alicyclic amines) is 1. The van der Waals surface area contributed by atoms with E-state index >= 15 is 0 Å². The van der Waals surface area contributed by atoms with Crippen LogP contribution in [-0.2, 0) is 11.2 Å². The molecule has 154 valence electrons. The summed E-state index contributed by atoms with van der Waals surface area (Å²) in [5.74, 6) is 2.60. The summed E-state index contributed by atoms with van der Waals surface area (Å²) in [6, 6.07) is 9.51. The second kappa shape index (κ2) is 9.35. The predicted molar refractivity (Wildman–Crippen MR) is 115 cm³/mol. The lowest BCUT2D eigenvalue weighted by Crippen LogP contribution is -2.39. The van der Waals surface area contributed by atoms with Gasteiger partial charge in [0.2, 0.25) is 5.91 Å². The van der Waals surface area contributed by atoms with Crippen LogP contribution in [-0.4, -0.2) is 38.8 Å². The first-order chi connectivity index (χ1) is 14.7. The number of nitrogens with one attached hydrogen (secondary N) is 1. The fourth-order valence-electron chi connectivity index (χ4n) is 3.69. The largest absolute Gasteiger partial charge is 0.465 e. The zero-order valence-electron chi connectivity index (χ0n) is 17.0. The molecule has 3 aromatic rings. The van der Waals surface area contributed by atoms with Gasteiger partial charge in [-0.3, -0.25) is 4.79 Å². The van der Waals surface area contributed by atoms with Gasteiger partial charge in [0.15, 0.2) is 0 Å². The number of carbonyl (C=O) groups is 1. The molecular weight excluding hydrogens is 378 g/mol. The highest BCUT2D eigenvalue weighted by Gasteiger charge is 2.23. The minimum atomic E-state index is 0.0202. The highest BCUT2D eigenvalue weighted by atomic mass is 16.3. The van der Waals surface area contributed by atoms with E-state index in [0.717, 1.165) is 55.2 Å². The van der Waals surface area contributed by atoms with E-state index in [4.69, 9.17) is 4.42 Å². The molecule has 7 nitrogen and oxygen atoms in total. The molecule has 4 rings (SSSR count). The zero-order valence-corrected chi connectivity index (χ0v) is 17.0. The van der Waals surface area contributed by atoms with Crippen molar-refractivity contribution >= 4 is 23.6 Å². The number of rotatable bonds is 6. The number of hydrogen-bond acceptors (Lipinski definition) is 6. The molecule has 3 aromatic heterocycles. The highest BCUT2D eigenvalue weighted by molar-refractivity contribution is 5.91. The van der Waals surface area contributed by atoms with Crippen molar-refractivity contribution in [1.29, 1.82) is 0 Å². The van der Waals surface area contributed by atoms with Crippen molar-refractivity contribution in [3.05, 3.63) is 72.2 Å². The van der Waals surface area contributed by atoms with E-state index in [1.807, 2.05) is 36.1 Å². The smallest absolute Gasteiger partial charge is 0.246 e. The van der Waals surface area contributed by atoms with Crippen LogP contribution < -0.4 is 5.32 Å². The summed E-state index contributed by atoms with van der Waals surface area (Å²) in [7, 11) is 0. The molecule has 1 atom stereocenters. The van der Waals surface area contributed by atoms with Crippen LogP contribution in [0.15, 0.2) is 59.6 Å². The van der Waals surface area contributed by atoms with Gasteiger partial charge in [-0.05, 0) is 61.9 Å². The minimum Gasteiger partial charge on any atom is -0.465 e. The molecule has 0 bridgehead atoms. The second-order valence-corrected chi connectivity index (χ2v) is 7.53. The van der Waals surface area contributed by atoms with Crippen molar-refractivity contribution in [2.24, 2.45) is 5.92 Å². The molecule has 1 fully saturated rings. The number of hydrogen-bond donors (Lipinski definition) is 1. The molecule has 1 unspecified atom stereocenters. The van der Waals surface area contributed by atoms with E-state index in [9.17, 15) is 4.79 Å². The van der Waals surface area contributed by atoms with Gasteiger partial charge < -0.3 is 14.6 Å². The fourth-order valence-corrected chi connectivity index (χ4v) is 3.69. The molecule has 1 aliphatic rings. The minimum absolute atomic E-state index is 0.0202. The van der Waals surface area contributed by atoms with Crippen LogP contribution in [0, 0.1) is 12.8 Å². The van der Waals surface area contributed by atoms with Gasteiger partial charge >= 0.3 is 0 Å². The molecule has 1 saturated heterocycles. The maximum Gasteiger partial charge on any atom is 0.246 e. The first-order valence-corrected chi connectivity index (χ1v) is 10.2. The number of piperidine rings is 1. The lowest BCUT2D eigenvalue weighted by Gasteiger charge is -2.32. The van der Waals surface area contributed by atoms with Gasteiger partial charge in [0, 0.05) is 37.1 Å². The van der Waals surface area contributed by atoms with Crippen molar-refractivity contribution in [2.75, 3.05) is 18.4 Å². The summed E-state index contributed by atoms with van der Waals surface area (Å²) in [5, 5.41) is 3.26. The lowest BCUT2D eigenvalue weighted by molar-refractivity contribution is -0.127. The van der Waals surface area contributed by atoms with Gasteiger partial charge in [-0.1, -0.05) is 6.07 Å². The zero-order chi connectivity index (χ0) is 20.8. The molecule has 0 aromatic carbocycles. The molecule has 1 amide bonds. The third-order valence-electron chi connectivity index (χ3n) is 5.24. The summed E-state index contributed by atoms with van der Waals surface area (Å²) < 4.78 is 5.25. The van der Waals surface area contributed by atoms with Crippen molar-refractivity contribution < 1.29 is 9.21 Å². The van der Waals surface area contributed by atoms with Gasteiger partial charge in [0.05, 0.1) is 6.26 Å². The maximum absolute atomic E-state index is 12.5. The van der Waals surface area contributed by atoms with E-state index in [2.05, 4.69) is 20.3 Å². The van der Waals surface area contributed by atoms with Crippen LogP contribution in [0.2, 0.25) is 0 Å². The van der Waals surface area contributed by atoms with Gasteiger partial charge in [-0.15, -0.1) is 0 Å². The van der Waals surface area contributed by atoms with Gasteiger partial charge in [0.1, 0.15) is 23.7 Å². The standard InChI is InChI=1S/C23H25N5O2/c1-17-5-2-10-24-23(17)27-21-14-19(25-16-26-21)13-18-6-3-11-28(15-18)22(29)9-8-20-7-4-12-30-20/h2,4-5,7-10,12,14,16,18H,3,6,11,13,15H2,1H3,(H,24,25,26,27)/b9-8+. The van der Waals surface area contributed by atoms with Gasteiger partial charge in [0.25, 0.3) is 0 Å². The first-order valence-electron chi connectivity index (χ1n) is 10.2. The third-order valence-corrected chi connectivity index (χ3v) is 5.24. The Hall–Kier alpha value is -3.48. The second-order valence-electron chi connectivity index (χ2n) is 7.53. The summed E-state index contributed by atoms with van der Waals surface area (Å²) in [4.78, 5) is 27.6. The van der Waals surface area contributed by atoms with Crippen LogP contribution in [0.5, 0.6) is 0 Å². The normalized spacial score (nSPS) is 16.7. The topological polar surface area (TPSA) is 84.2 Å². The summed E-state index contributed by atoms with van der Waals surface area (Å²) in [6.07, 6.45) is 11.1. The Bertz CT molecular complexity index is 1020. The monoisotopic (exact) mass is 403 g/mol. The number of amides is 1. The average Bonchev–Trinajstić information content (AvgIpc) is 3.28. The summed E-state index contributed by atoms with van der Waals surface area (Å²) in [6.45, 7) is 3.52. The molecule has 4 heterocycles. The Morgan fingerprint density at radius 3 is 3.07 bits per heavy atom. The number of anilines is 2. The average molecular weight is 403 g/mol. The highest BCUT2D eigenvalue weighted by Crippen LogP contribution is 2.22. The molecule has 0 saturated carbocycles. The SMILES string of the molecule is Cc1cccnc1Nc1cc(CC2CCCN(C(=O)/C=C/c3ccco3)C2)ncn1. The number of carbonyl (C=O) groups excluding carboxylic acids is 1. The predicted octanol–water partition coefficient (Wildman–Crippen LogP) is 4.01. The lowest BCUT2D eigenvalue weighted by atomic mass is 9.93. The number of aromatic nitrogens is 3. The Kier molecular flexibility index (Phi) is 6.17. The number of furan rings is 1. The van der Waals surface area contributed by atoms with E-state index in [0.29, 0.717) is 11.7 Å². The molecule has 1 aliphatic heterocycles.